The first-order chi connectivity index (χ1) is 20.2. The average molecular weight is 588 g/mol. The van der Waals surface area contributed by atoms with Crippen LogP contribution in [0.25, 0.3) is 0 Å². The number of halogens is 1. The van der Waals surface area contributed by atoms with Crippen molar-refractivity contribution in [2.75, 3.05) is 44.8 Å². The summed E-state index contributed by atoms with van der Waals surface area (Å²) in [5.41, 5.74) is 5.59. The SMILES string of the molecule is O=C(Nc1cc(C(=NOCCN2CCOCC2)c2ccccc2)ccc1Cl)c1ccn2c1CSC2c1cccnc1. The molecule has 1 N–H and O–H groups in total. The van der Waals surface area contributed by atoms with E-state index >= 15 is 0 Å². The first-order valence-electron chi connectivity index (χ1n) is 13.6. The van der Waals surface area contributed by atoms with E-state index in [4.69, 9.17) is 21.2 Å². The van der Waals surface area contributed by atoms with Crippen molar-refractivity contribution in [3.8, 4) is 0 Å². The average Bonchev–Trinajstić information content (AvgIpc) is 3.63. The van der Waals surface area contributed by atoms with Crippen LogP contribution in [0.3, 0.4) is 0 Å². The number of benzene rings is 2. The lowest BCUT2D eigenvalue weighted by Gasteiger charge is -2.25. The van der Waals surface area contributed by atoms with Gasteiger partial charge in [0, 0.05) is 66.4 Å². The number of anilines is 1. The fourth-order valence-electron chi connectivity index (χ4n) is 5.01. The molecular formula is C31H30ClN5O3S. The summed E-state index contributed by atoms with van der Waals surface area (Å²) in [7, 11) is 0. The molecule has 1 amide bonds. The van der Waals surface area contributed by atoms with E-state index in [-0.39, 0.29) is 11.3 Å². The Hall–Kier alpha value is -3.63. The molecule has 0 saturated carbocycles. The topological polar surface area (TPSA) is 81.0 Å². The predicted molar refractivity (Wildman–Crippen MR) is 163 cm³/mol. The molecule has 2 aromatic carbocycles. The van der Waals surface area contributed by atoms with E-state index in [1.165, 1.54) is 0 Å². The van der Waals surface area contributed by atoms with Gasteiger partial charge in [-0.05, 0) is 24.3 Å². The Labute approximate surface area is 248 Å². The molecule has 1 unspecified atom stereocenters. The number of nitrogens with one attached hydrogen (secondary N) is 1. The molecule has 210 valence electrons. The number of hydrogen-bond donors (Lipinski definition) is 1. The lowest BCUT2D eigenvalue weighted by molar-refractivity contribution is 0.0212. The van der Waals surface area contributed by atoms with E-state index in [1.54, 1.807) is 24.0 Å². The number of nitrogens with zero attached hydrogens (tertiary/aromatic N) is 4. The van der Waals surface area contributed by atoms with Crippen LogP contribution in [0.15, 0.2) is 90.5 Å². The summed E-state index contributed by atoms with van der Waals surface area (Å²) in [6.07, 6.45) is 5.60. The van der Waals surface area contributed by atoms with Crippen molar-refractivity contribution in [1.29, 1.82) is 0 Å². The Morgan fingerprint density at radius 3 is 2.76 bits per heavy atom. The molecule has 1 saturated heterocycles. The third kappa shape index (κ3) is 6.33. The smallest absolute Gasteiger partial charge is 0.257 e. The molecule has 4 heterocycles. The van der Waals surface area contributed by atoms with Crippen molar-refractivity contribution in [2.24, 2.45) is 5.16 Å². The van der Waals surface area contributed by atoms with Gasteiger partial charge in [0.25, 0.3) is 5.91 Å². The molecule has 0 spiro atoms. The second-order valence-corrected chi connectivity index (χ2v) is 11.3. The maximum atomic E-state index is 13.5. The maximum absolute atomic E-state index is 13.5. The van der Waals surface area contributed by atoms with Gasteiger partial charge in [-0.15, -0.1) is 11.8 Å². The van der Waals surface area contributed by atoms with Crippen LogP contribution in [-0.2, 0) is 15.3 Å². The van der Waals surface area contributed by atoms with Crippen molar-refractivity contribution in [3.05, 3.63) is 118 Å². The van der Waals surface area contributed by atoms with E-state index in [0.29, 0.717) is 28.6 Å². The predicted octanol–water partition coefficient (Wildman–Crippen LogP) is 5.68. The number of hydrogen-bond acceptors (Lipinski definition) is 7. The molecule has 4 aromatic rings. The number of thioether (sulfide) groups is 1. The van der Waals surface area contributed by atoms with Crippen LogP contribution in [0.2, 0.25) is 5.02 Å². The fourth-order valence-corrected chi connectivity index (χ4v) is 6.48. The van der Waals surface area contributed by atoms with Gasteiger partial charge in [-0.2, -0.15) is 0 Å². The van der Waals surface area contributed by atoms with Gasteiger partial charge in [-0.25, -0.2) is 0 Å². The monoisotopic (exact) mass is 587 g/mol. The van der Waals surface area contributed by atoms with Crippen LogP contribution in [-0.4, -0.2) is 65.5 Å². The van der Waals surface area contributed by atoms with Gasteiger partial charge in [0.15, 0.2) is 0 Å². The van der Waals surface area contributed by atoms with Crippen LogP contribution in [0, 0.1) is 0 Å². The minimum Gasteiger partial charge on any atom is -0.394 e. The Bertz CT molecular complexity index is 1520. The summed E-state index contributed by atoms with van der Waals surface area (Å²) < 4.78 is 7.56. The summed E-state index contributed by atoms with van der Waals surface area (Å²) >= 11 is 8.34. The van der Waals surface area contributed by atoms with Crippen molar-refractivity contribution >= 4 is 40.7 Å². The number of morpholine rings is 1. The largest absolute Gasteiger partial charge is 0.394 e. The zero-order chi connectivity index (χ0) is 28.0. The Morgan fingerprint density at radius 1 is 1.10 bits per heavy atom. The molecule has 1 atom stereocenters. The minimum atomic E-state index is -0.204. The first-order valence-corrected chi connectivity index (χ1v) is 15.0. The zero-order valence-electron chi connectivity index (χ0n) is 22.4. The van der Waals surface area contributed by atoms with E-state index in [2.05, 4.69) is 31.0 Å². The molecule has 1 fully saturated rings. The normalized spacial score (nSPS) is 17.3. The Balaban J connectivity index is 1.21. The van der Waals surface area contributed by atoms with Gasteiger partial charge >= 0.3 is 0 Å². The molecule has 8 nitrogen and oxygen atoms in total. The molecule has 10 heteroatoms. The first kappa shape index (κ1) is 27.5. The van der Waals surface area contributed by atoms with Gasteiger partial charge in [-0.3, -0.25) is 14.7 Å². The van der Waals surface area contributed by atoms with Gasteiger partial charge in [0.1, 0.15) is 17.7 Å². The molecule has 0 bridgehead atoms. The summed E-state index contributed by atoms with van der Waals surface area (Å²) in [5, 5.41) is 8.10. The number of ether oxygens (including phenoxy) is 1. The fraction of sp³-hybridized carbons (Fsp3) is 0.258. The standard InChI is InChI=1S/C31H30ClN5O3S/c32-26-9-8-23(29(22-5-2-1-3-6-22)35-40-18-15-36-13-16-39-17-14-36)19-27(26)34-30(38)25-10-12-37-28(25)21-41-31(37)24-7-4-11-33-20-24/h1-12,19-20,31H,13-18,21H2,(H,34,38). The number of rotatable bonds is 9. The highest BCUT2D eigenvalue weighted by Crippen LogP contribution is 2.42. The maximum Gasteiger partial charge on any atom is 0.257 e. The van der Waals surface area contributed by atoms with Crippen molar-refractivity contribution in [3.63, 3.8) is 0 Å². The van der Waals surface area contributed by atoms with E-state index < -0.39 is 0 Å². The number of carbonyl (C=O) groups is 1. The highest BCUT2D eigenvalue weighted by Gasteiger charge is 2.28. The van der Waals surface area contributed by atoms with Crippen LogP contribution in [0.5, 0.6) is 0 Å². The van der Waals surface area contributed by atoms with Crippen LogP contribution in [0.4, 0.5) is 5.69 Å². The van der Waals surface area contributed by atoms with Crippen LogP contribution >= 0.6 is 23.4 Å². The Kier molecular flexibility index (Phi) is 8.67. The molecule has 41 heavy (non-hydrogen) atoms. The molecule has 2 aliphatic rings. The molecule has 0 aliphatic carbocycles. The minimum absolute atomic E-state index is 0.0973. The van der Waals surface area contributed by atoms with Crippen molar-refractivity contribution in [2.45, 2.75) is 11.1 Å². The number of oxime groups is 1. The number of fused-ring (bicyclic) bond motifs is 1. The second kappa shape index (κ2) is 12.9. The second-order valence-electron chi connectivity index (χ2n) is 9.78. The number of carbonyl (C=O) groups excluding carboxylic acids is 1. The van der Waals surface area contributed by atoms with Crippen molar-refractivity contribution < 1.29 is 14.4 Å². The van der Waals surface area contributed by atoms with Crippen molar-refractivity contribution in [1.82, 2.24) is 14.5 Å². The van der Waals surface area contributed by atoms with E-state index in [0.717, 1.165) is 61.0 Å². The highest BCUT2D eigenvalue weighted by atomic mass is 35.5. The summed E-state index contributed by atoms with van der Waals surface area (Å²) in [6.45, 7) is 4.52. The number of aromatic nitrogens is 2. The lowest BCUT2D eigenvalue weighted by atomic mass is 10.0. The third-order valence-corrected chi connectivity index (χ3v) is 8.75. The molecule has 2 aromatic heterocycles. The highest BCUT2D eigenvalue weighted by molar-refractivity contribution is 7.99. The zero-order valence-corrected chi connectivity index (χ0v) is 24.0. The quantitative estimate of drug-likeness (QED) is 0.154. The number of amides is 1. The Morgan fingerprint density at radius 2 is 1.95 bits per heavy atom. The summed E-state index contributed by atoms with van der Waals surface area (Å²) in [6, 6.07) is 21.2. The van der Waals surface area contributed by atoms with Gasteiger partial charge in [-0.1, -0.05) is 59.2 Å². The van der Waals surface area contributed by atoms with Crippen LogP contribution < -0.4 is 5.32 Å². The van der Waals surface area contributed by atoms with Gasteiger partial charge in [0.2, 0.25) is 0 Å². The van der Waals surface area contributed by atoms with Gasteiger partial charge in [0.05, 0.1) is 29.5 Å². The van der Waals surface area contributed by atoms with E-state index in [1.807, 2.05) is 67.0 Å². The molecular weight excluding hydrogens is 558 g/mol. The van der Waals surface area contributed by atoms with E-state index in [9.17, 15) is 4.79 Å². The summed E-state index contributed by atoms with van der Waals surface area (Å²) in [5.74, 6) is 0.528. The van der Waals surface area contributed by atoms with Crippen LogP contribution in [0.1, 0.15) is 38.1 Å². The molecule has 0 radical (unpaired) electrons. The third-order valence-electron chi connectivity index (χ3n) is 7.16. The van der Waals surface area contributed by atoms with Gasteiger partial charge < -0.3 is 19.5 Å². The molecule has 6 rings (SSSR count). The summed E-state index contributed by atoms with van der Waals surface area (Å²) in [4.78, 5) is 25.8. The lowest BCUT2D eigenvalue weighted by Crippen LogP contribution is -2.38. The molecule has 2 aliphatic heterocycles. The number of pyridine rings is 1.